The number of halogens is 2. The van der Waals surface area contributed by atoms with Crippen LogP contribution in [0.4, 0.5) is 4.39 Å². The van der Waals surface area contributed by atoms with E-state index in [2.05, 4.69) is 27.8 Å². The fourth-order valence-corrected chi connectivity index (χ4v) is 1.63. The van der Waals surface area contributed by atoms with Gasteiger partial charge < -0.3 is 5.32 Å². The molecule has 0 aliphatic carbocycles. The molecular formula is C11H13ClFN5. The maximum Gasteiger partial charge on any atom is 0.170 e. The van der Waals surface area contributed by atoms with Gasteiger partial charge in [0.25, 0.3) is 0 Å². The lowest BCUT2D eigenvalue weighted by Gasteiger charge is -2.05. The van der Waals surface area contributed by atoms with Crippen molar-refractivity contribution in [3.63, 3.8) is 0 Å². The van der Waals surface area contributed by atoms with Gasteiger partial charge in [-0.2, -0.15) is 4.68 Å². The van der Waals surface area contributed by atoms with Crippen molar-refractivity contribution in [2.45, 2.75) is 19.9 Å². The Morgan fingerprint density at radius 2 is 2.28 bits per heavy atom. The third-order valence-corrected chi connectivity index (χ3v) is 2.70. The van der Waals surface area contributed by atoms with E-state index in [9.17, 15) is 4.39 Å². The second kappa shape index (κ2) is 5.88. The zero-order valence-corrected chi connectivity index (χ0v) is 10.7. The van der Waals surface area contributed by atoms with E-state index in [-0.39, 0.29) is 5.02 Å². The first-order valence-corrected chi connectivity index (χ1v) is 6.03. The summed E-state index contributed by atoms with van der Waals surface area (Å²) in [4.78, 5) is 0. The fraction of sp³-hybridized carbons (Fsp3) is 0.364. The van der Waals surface area contributed by atoms with Gasteiger partial charge in [-0.05, 0) is 35.5 Å². The average Bonchev–Trinajstić information content (AvgIpc) is 2.81. The standard InChI is InChI=1S/C11H13ClFN5/c1-2-5-14-7-11-15-16-17-18(11)8-3-4-9(12)10(13)6-8/h3-4,6,14H,2,5,7H2,1H3. The number of nitrogens with one attached hydrogen (secondary N) is 1. The molecule has 1 heterocycles. The number of hydrogen-bond donors (Lipinski definition) is 1. The SMILES string of the molecule is CCCNCc1nnnn1-c1ccc(Cl)c(F)c1. The number of aromatic nitrogens is 4. The monoisotopic (exact) mass is 269 g/mol. The Hall–Kier alpha value is -1.53. The molecule has 18 heavy (non-hydrogen) atoms. The van der Waals surface area contributed by atoms with E-state index in [0.717, 1.165) is 13.0 Å². The van der Waals surface area contributed by atoms with Crippen molar-refractivity contribution in [1.82, 2.24) is 25.5 Å². The Balaban J connectivity index is 2.22. The Labute approximate surface area is 109 Å². The van der Waals surface area contributed by atoms with Crippen molar-refractivity contribution in [3.8, 4) is 5.69 Å². The molecule has 0 fully saturated rings. The van der Waals surface area contributed by atoms with E-state index in [1.807, 2.05) is 0 Å². The van der Waals surface area contributed by atoms with Crippen molar-refractivity contribution in [2.75, 3.05) is 6.54 Å². The van der Waals surface area contributed by atoms with Gasteiger partial charge in [-0.3, -0.25) is 0 Å². The number of rotatable bonds is 5. The van der Waals surface area contributed by atoms with E-state index in [4.69, 9.17) is 11.6 Å². The van der Waals surface area contributed by atoms with Crippen LogP contribution in [-0.2, 0) is 6.54 Å². The minimum absolute atomic E-state index is 0.0810. The van der Waals surface area contributed by atoms with Crippen LogP contribution in [0.5, 0.6) is 0 Å². The molecule has 7 heteroatoms. The van der Waals surface area contributed by atoms with Gasteiger partial charge in [-0.15, -0.1) is 5.10 Å². The van der Waals surface area contributed by atoms with Crippen LogP contribution in [0.3, 0.4) is 0 Å². The van der Waals surface area contributed by atoms with E-state index in [0.29, 0.717) is 18.1 Å². The third-order valence-electron chi connectivity index (χ3n) is 2.39. The van der Waals surface area contributed by atoms with Crippen molar-refractivity contribution in [2.24, 2.45) is 0 Å². The molecule has 5 nitrogen and oxygen atoms in total. The molecule has 0 amide bonds. The molecule has 1 aromatic carbocycles. The van der Waals surface area contributed by atoms with Gasteiger partial charge in [0.1, 0.15) is 5.82 Å². The summed E-state index contributed by atoms with van der Waals surface area (Å²) in [7, 11) is 0. The van der Waals surface area contributed by atoms with E-state index < -0.39 is 5.82 Å². The molecule has 1 N–H and O–H groups in total. The summed E-state index contributed by atoms with van der Waals surface area (Å²) in [6, 6.07) is 4.46. The molecule has 0 radical (unpaired) electrons. The molecule has 0 saturated heterocycles. The van der Waals surface area contributed by atoms with Crippen LogP contribution in [0.2, 0.25) is 5.02 Å². The second-order valence-corrected chi connectivity index (χ2v) is 4.19. The maximum absolute atomic E-state index is 13.4. The number of hydrogen-bond acceptors (Lipinski definition) is 4. The fourth-order valence-electron chi connectivity index (χ4n) is 1.51. The first kappa shape index (κ1) is 12.9. The lowest BCUT2D eigenvalue weighted by atomic mass is 10.3. The van der Waals surface area contributed by atoms with Crippen molar-refractivity contribution >= 4 is 11.6 Å². The van der Waals surface area contributed by atoms with E-state index >= 15 is 0 Å². The molecule has 96 valence electrons. The molecule has 2 rings (SSSR count). The predicted molar refractivity (Wildman–Crippen MR) is 66.1 cm³/mol. The first-order valence-electron chi connectivity index (χ1n) is 5.65. The lowest BCUT2D eigenvalue weighted by Crippen LogP contribution is -2.17. The van der Waals surface area contributed by atoms with E-state index in [1.165, 1.54) is 16.8 Å². The summed E-state index contributed by atoms with van der Waals surface area (Å²) >= 11 is 5.64. The van der Waals surface area contributed by atoms with E-state index in [1.54, 1.807) is 6.07 Å². The normalized spacial score (nSPS) is 10.8. The number of nitrogens with zero attached hydrogens (tertiary/aromatic N) is 4. The Bertz CT molecular complexity index is 528. The molecule has 0 bridgehead atoms. The van der Waals surface area contributed by atoms with Crippen LogP contribution in [0.15, 0.2) is 18.2 Å². The Morgan fingerprint density at radius 1 is 1.44 bits per heavy atom. The highest BCUT2D eigenvalue weighted by molar-refractivity contribution is 6.30. The topological polar surface area (TPSA) is 55.6 Å². The highest BCUT2D eigenvalue weighted by atomic mass is 35.5. The molecule has 0 unspecified atom stereocenters. The Morgan fingerprint density at radius 3 is 3.00 bits per heavy atom. The van der Waals surface area contributed by atoms with Crippen molar-refractivity contribution < 1.29 is 4.39 Å². The largest absolute Gasteiger partial charge is 0.310 e. The minimum atomic E-state index is -0.489. The number of benzene rings is 1. The van der Waals surface area contributed by atoms with Crippen molar-refractivity contribution in [1.29, 1.82) is 0 Å². The first-order chi connectivity index (χ1) is 8.72. The van der Waals surface area contributed by atoms with Crippen LogP contribution in [0.25, 0.3) is 5.69 Å². The van der Waals surface area contributed by atoms with Crippen LogP contribution < -0.4 is 5.32 Å². The third kappa shape index (κ3) is 2.83. The second-order valence-electron chi connectivity index (χ2n) is 3.78. The predicted octanol–water partition coefficient (Wildman–Crippen LogP) is 1.95. The lowest BCUT2D eigenvalue weighted by molar-refractivity contribution is 0.617. The molecule has 0 spiro atoms. The van der Waals surface area contributed by atoms with Gasteiger partial charge in [-0.25, -0.2) is 4.39 Å². The molecule has 2 aromatic rings. The van der Waals surface area contributed by atoms with Gasteiger partial charge in [0.2, 0.25) is 0 Å². The molecule has 0 atom stereocenters. The van der Waals surface area contributed by atoms with Crippen LogP contribution in [0, 0.1) is 5.82 Å². The highest BCUT2D eigenvalue weighted by Crippen LogP contribution is 2.18. The quantitative estimate of drug-likeness (QED) is 0.843. The summed E-state index contributed by atoms with van der Waals surface area (Å²) in [5.74, 6) is 0.141. The van der Waals surface area contributed by atoms with Gasteiger partial charge in [0.05, 0.1) is 17.3 Å². The van der Waals surface area contributed by atoms with Crippen LogP contribution in [0.1, 0.15) is 19.2 Å². The van der Waals surface area contributed by atoms with Crippen LogP contribution in [-0.4, -0.2) is 26.8 Å². The zero-order chi connectivity index (χ0) is 13.0. The van der Waals surface area contributed by atoms with Crippen LogP contribution >= 0.6 is 11.6 Å². The summed E-state index contributed by atoms with van der Waals surface area (Å²) in [5.41, 5.74) is 0.551. The molecular weight excluding hydrogens is 257 g/mol. The summed E-state index contributed by atoms with van der Waals surface area (Å²) in [6.07, 6.45) is 1.02. The molecule has 1 aromatic heterocycles. The average molecular weight is 270 g/mol. The number of tetrazole rings is 1. The summed E-state index contributed by atoms with van der Waals surface area (Å²) in [5, 5.41) is 14.6. The summed E-state index contributed by atoms with van der Waals surface area (Å²) < 4.78 is 14.9. The van der Waals surface area contributed by atoms with Crippen molar-refractivity contribution in [3.05, 3.63) is 34.9 Å². The molecule has 0 aliphatic rings. The molecule has 0 aliphatic heterocycles. The smallest absolute Gasteiger partial charge is 0.170 e. The zero-order valence-electron chi connectivity index (χ0n) is 9.90. The van der Waals surface area contributed by atoms with Gasteiger partial charge >= 0.3 is 0 Å². The maximum atomic E-state index is 13.4. The van der Waals surface area contributed by atoms with Gasteiger partial charge in [0, 0.05) is 6.07 Å². The van der Waals surface area contributed by atoms with Gasteiger partial charge in [0.15, 0.2) is 5.82 Å². The minimum Gasteiger partial charge on any atom is -0.310 e. The van der Waals surface area contributed by atoms with Gasteiger partial charge in [-0.1, -0.05) is 18.5 Å². The highest BCUT2D eigenvalue weighted by Gasteiger charge is 2.09. The Kier molecular flexibility index (Phi) is 4.22. The summed E-state index contributed by atoms with van der Waals surface area (Å²) in [6.45, 7) is 3.48. The molecule has 0 saturated carbocycles.